The van der Waals surface area contributed by atoms with Crippen LogP contribution in [0.5, 0.6) is 5.75 Å². The van der Waals surface area contributed by atoms with Crippen molar-refractivity contribution in [2.45, 2.75) is 38.3 Å². The number of hydrogen-bond acceptors (Lipinski definition) is 4. The Bertz CT molecular complexity index is 1540. The molecule has 10 heteroatoms. The van der Waals surface area contributed by atoms with E-state index in [9.17, 15) is 22.4 Å². The molecule has 1 aliphatic heterocycles. The minimum absolute atomic E-state index is 0.0810. The van der Waals surface area contributed by atoms with Crippen LogP contribution in [0.4, 0.5) is 17.6 Å². The van der Waals surface area contributed by atoms with Crippen molar-refractivity contribution in [2.24, 2.45) is 0 Å². The number of hydrogen-bond donors (Lipinski definition) is 2. The van der Waals surface area contributed by atoms with E-state index in [0.717, 1.165) is 32.4 Å². The van der Waals surface area contributed by atoms with Gasteiger partial charge in [-0.2, -0.15) is 22.7 Å². The average molecular weight is 595 g/mol. The molecule has 4 aromatic rings. The number of fused-ring (bicyclic) bond motifs is 1. The molecule has 1 fully saturated rings. The van der Waals surface area contributed by atoms with Crippen LogP contribution in [0.2, 0.25) is 0 Å². The van der Waals surface area contributed by atoms with Gasteiger partial charge in [-0.15, -0.1) is 0 Å². The van der Waals surface area contributed by atoms with Crippen LogP contribution in [0.1, 0.15) is 48.8 Å². The van der Waals surface area contributed by atoms with Crippen LogP contribution < -0.4 is 10.1 Å². The van der Waals surface area contributed by atoms with E-state index in [4.69, 9.17) is 4.74 Å². The Morgan fingerprint density at radius 2 is 1.65 bits per heavy atom. The highest BCUT2D eigenvalue weighted by Crippen LogP contribution is 2.40. The lowest BCUT2D eigenvalue weighted by Gasteiger charge is -2.19. The molecule has 0 saturated carbocycles. The van der Waals surface area contributed by atoms with E-state index in [0.29, 0.717) is 59.6 Å². The van der Waals surface area contributed by atoms with Crippen molar-refractivity contribution in [1.29, 1.82) is 0 Å². The van der Waals surface area contributed by atoms with Gasteiger partial charge < -0.3 is 15.0 Å². The Balaban J connectivity index is 1.31. The number of benzene rings is 3. The summed E-state index contributed by atoms with van der Waals surface area (Å²) in [5, 5.41) is 9.67. The SMILES string of the molecule is O=C(CCCNCCOc1ccc(/C(=C(/CC(F)(F)F)c2ccccc2)c2ccc3n[nH]c(F)c3c2)cc1)N1CCCC1. The van der Waals surface area contributed by atoms with Gasteiger partial charge in [0, 0.05) is 26.1 Å². The molecule has 5 rings (SSSR count). The van der Waals surface area contributed by atoms with Crippen LogP contribution in [0, 0.1) is 5.95 Å². The Morgan fingerprint density at radius 3 is 2.37 bits per heavy atom. The summed E-state index contributed by atoms with van der Waals surface area (Å²) in [6.07, 6.45) is -2.17. The van der Waals surface area contributed by atoms with Crippen molar-refractivity contribution >= 4 is 28.0 Å². The number of carbonyl (C=O) groups excluding carboxylic acids is 1. The van der Waals surface area contributed by atoms with Crippen molar-refractivity contribution in [1.82, 2.24) is 20.4 Å². The third-order valence-electron chi connectivity index (χ3n) is 7.49. The molecule has 0 radical (unpaired) electrons. The molecule has 6 nitrogen and oxygen atoms in total. The highest BCUT2D eigenvalue weighted by Gasteiger charge is 2.31. The van der Waals surface area contributed by atoms with Gasteiger partial charge in [0.1, 0.15) is 12.4 Å². The van der Waals surface area contributed by atoms with E-state index < -0.39 is 18.5 Å². The average Bonchev–Trinajstić information content (AvgIpc) is 3.67. The van der Waals surface area contributed by atoms with E-state index in [1.54, 1.807) is 66.7 Å². The highest BCUT2D eigenvalue weighted by atomic mass is 19.4. The maximum atomic E-state index is 14.4. The molecule has 0 spiro atoms. The smallest absolute Gasteiger partial charge is 0.393 e. The van der Waals surface area contributed by atoms with Crippen LogP contribution in [0.3, 0.4) is 0 Å². The fraction of sp³-hybridized carbons (Fsp3) is 0.333. The number of H-pyrrole nitrogens is 1. The number of ether oxygens (including phenoxy) is 1. The van der Waals surface area contributed by atoms with Crippen LogP contribution in [-0.4, -0.2) is 60.0 Å². The zero-order chi connectivity index (χ0) is 30.2. The van der Waals surface area contributed by atoms with Gasteiger partial charge in [0.2, 0.25) is 11.9 Å². The topological polar surface area (TPSA) is 70.2 Å². The summed E-state index contributed by atoms with van der Waals surface area (Å²) in [7, 11) is 0. The van der Waals surface area contributed by atoms with E-state index in [-0.39, 0.29) is 16.9 Å². The molecule has 1 aliphatic rings. The number of alkyl halides is 3. The molecule has 0 atom stereocenters. The number of nitrogens with zero attached hydrogens (tertiary/aromatic N) is 2. The van der Waals surface area contributed by atoms with Crippen molar-refractivity contribution in [2.75, 3.05) is 32.8 Å². The maximum Gasteiger partial charge on any atom is 0.393 e. The largest absolute Gasteiger partial charge is 0.492 e. The molecule has 0 unspecified atom stereocenters. The molecular weight excluding hydrogens is 560 g/mol. The van der Waals surface area contributed by atoms with E-state index in [2.05, 4.69) is 15.5 Å². The Morgan fingerprint density at radius 1 is 0.930 bits per heavy atom. The number of aromatic nitrogens is 2. The lowest BCUT2D eigenvalue weighted by molar-refractivity contribution is -0.130. The molecule has 1 saturated heterocycles. The van der Waals surface area contributed by atoms with Gasteiger partial charge in [-0.05, 0) is 77.9 Å². The molecule has 3 aromatic carbocycles. The predicted molar refractivity (Wildman–Crippen MR) is 159 cm³/mol. The number of rotatable bonds is 12. The first kappa shape index (κ1) is 30.3. The van der Waals surface area contributed by atoms with Gasteiger partial charge in [-0.3, -0.25) is 9.89 Å². The zero-order valence-corrected chi connectivity index (χ0v) is 23.7. The van der Waals surface area contributed by atoms with Gasteiger partial charge in [0.05, 0.1) is 17.3 Å². The summed E-state index contributed by atoms with van der Waals surface area (Å²) in [4.78, 5) is 14.1. The van der Waals surface area contributed by atoms with Crippen molar-refractivity contribution in [3.8, 4) is 5.75 Å². The molecule has 1 aromatic heterocycles. The summed E-state index contributed by atoms with van der Waals surface area (Å²) in [6, 6.07) is 20.1. The van der Waals surface area contributed by atoms with Gasteiger partial charge in [-0.25, -0.2) is 0 Å². The minimum Gasteiger partial charge on any atom is -0.492 e. The fourth-order valence-electron chi connectivity index (χ4n) is 5.40. The summed E-state index contributed by atoms with van der Waals surface area (Å²) >= 11 is 0. The van der Waals surface area contributed by atoms with E-state index in [1.165, 1.54) is 6.07 Å². The van der Waals surface area contributed by atoms with Crippen LogP contribution in [0.25, 0.3) is 22.0 Å². The fourth-order valence-corrected chi connectivity index (χ4v) is 5.40. The number of likely N-dealkylation sites (tertiary alicyclic amines) is 1. The van der Waals surface area contributed by atoms with E-state index >= 15 is 0 Å². The Labute approximate surface area is 247 Å². The van der Waals surface area contributed by atoms with Gasteiger partial charge in [0.15, 0.2) is 0 Å². The lowest BCUT2D eigenvalue weighted by atomic mass is 9.87. The maximum absolute atomic E-state index is 14.4. The number of aromatic amines is 1. The number of carbonyl (C=O) groups is 1. The summed E-state index contributed by atoms with van der Waals surface area (Å²) in [5.41, 5.74) is 2.22. The standard InChI is InChI=1S/C33H34F4N4O2/c34-32-27-21-25(12-15-29(27)39-40-32)31(28(22-33(35,36)37)23-7-2-1-3-8-23)24-10-13-26(14-11-24)43-20-17-38-16-6-9-30(42)41-18-4-5-19-41/h1-3,7-8,10-15,21,38H,4-6,9,16-20,22H2,(H,39,40)/b31-28+. The molecule has 43 heavy (non-hydrogen) atoms. The second kappa shape index (κ2) is 13.9. The Kier molecular flexibility index (Phi) is 9.76. The van der Waals surface area contributed by atoms with Gasteiger partial charge in [-0.1, -0.05) is 48.5 Å². The quantitative estimate of drug-likeness (QED) is 0.105. The molecule has 0 aliphatic carbocycles. The second-order valence-electron chi connectivity index (χ2n) is 10.6. The normalized spacial score (nSPS) is 14.3. The zero-order valence-electron chi connectivity index (χ0n) is 23.7. The summed E-state index contributed by atoms with van der Waals surface area (Å²) < 4.78 is 62.0. The monoisotopic (exact) mass is 594 g/mol. The summed E-state index contributed by atoms with van der Waals surface area (Å²) in [5.74, 6) is 0.135. The summed E-state index contributed by atoms with van der Waals surface area (Å²) in [6.45, 7) is 3.42. The van der Waals surface area contributed by atoms with Gasteiger partial charge in [0.25, 0.3) is 0 Å². The first-order chi connectivity index (χ1) is 20.8. The van der Waals surface area contributed by atoms with Gasteiger partial charge >= 0.3 is 6.18 Å². The second-order valence-corrected chi connectivity index (χ2v) is 10.6. The Hall–Kier alpha value is -4.18. The van der Waals surface area contributed by atoms with E-state index in [1.807, 2.05) is 4.90 Å². The number of nitrogens with one attached hydrogen (secondary N) is 2. The lowest BCUT2D eigenvalue weighted by Crippen LogP contribution is -2.29. The molecular formula is C33H34F4N4O2. The van der Waals surface area contributed by atoms with Crippen molar-refractivity contribution in [3.63, 3.8) is 0 Å². The first-order valence-electron chi connectivity index (χ1n) is 14.5. The van der Waals surface area contributed by atoms with Crippen LogP contribution >= 0.6 is 0 Å². The molecule has 2 N–H and O–H groups in total. The third kappa shape index (κ3) is 8.01. The molecule has 0 bridgehead atoms. The predicted octanol–water partition coefficient (Wildman–Crippen LogP) is 6.98. The first-order valence-corrected chi connectivity index (χ1v) is 14.5. The molecule has 226 valence electrons. The number of allylic oxidation sites excluding steroid dienone is 1. The van der Waals surface area contributed by atoms with Crippen LogP contribution in [0.15, 0.2) is 72.8 Å². The van der Waals surface area contributed by atoms with Crippen LogP contribution in [-0.2, 0) is 4.79 Å². The van der Waals surface area contributed by atoms with Crippen molar-refractivity contribution in [3.05, 3.63) is 95.4 Å². The third-order valence-corrected chi connectivity index (χ3v) is 7.49. The molecule has 1 amide bonds. The van der Waals surface area contributed by atoms with Crippen molar-refractivity contribution < 1.29 is 27.1 Å². The molecule has 2 heterocycles. The number of halogens is 4. The minimum atomic E-state index is -4.47. The number of amides is 1. The highest BCUT2D eigenvalue weighted by molar-refractivity contribution is 6.00.